The standard InChI is InChI=1S/C19H29NO/c1-2-12-20-19(14-16-9-6-13-21-16)18-11-4-3-10-17(18)15-7-5-8-15/h3-4,10-11,15-16,19-20H,2,5-9,12-14H2,1H3. The van der Waals surface area contributed by atoms with Crippen LogP contribution in [-0.2, 0) is 4.74 Å². The molecule has 116 valence electrons. The lowest BCUT2D eigenvalue weighted by Gasteiger charge is -2.31. The number of hydrogen-bond donors (Lipinski definition) is 1. The number of hydrogen-bond acceptors (Lipinski definition) is 2. The van der Waals surface area contributed by atoms with Crippen molar-refractivity contribution in [2.45, 2.75) is 69.9 Å². The average molecular weight is 287 g/mol. The Balaban J connectivity index is 1.77. The first-order chi connectivity index (χ1) is 10.4. The summed E-state index contributed by atoms with van der Waals surface area (Å²) in [5, 5.41) is 3.78. The lowest BCUT2D eigenvalue weighted by Crippen LogP contribution is -2.28. The topological polar surface area (TPSA) is 21.3 Å². The molecule has 2 nitrogen and oxygen atoms in total. The molecule has 0 radical (unpaired) electrons. The van der Waals surface area contributed by atoms with E-state index in [0.29, 0.717) is 12.1 Å². The van der Waals surface area contributed by atoms with Crippen LogP contribution in [0.5, 0.6) is 0 Å². The van der Waals surface area contributed by atoms with E-state index in [2.05, 4.69) is 36.5 Å². The van der Waals surface area contributed by atoms with Gasteiger partial charge < -0.3 is 10.1 Å². The van der Waals surface area contributed by atoms with E-state index < -0.39 is 0 Å². The van der Waals surface area contributed by atoms with Crippen LogP contribution in [0.15, 0.2) is 24.3 Å². The molecule has 1 saturated heterocycles. The molecule has 2 atom stereocenters. The molecule has 0 aromatic heterocycles. The van der Waals surface area contributed by atoms with Gasteiger partial charge in [-0.25, -0.2) is 0 Å². The summed E-state index contributed by atoms with van der Waals surface area (Å²) in [6, 6.07) is 9.57. The molecule has 1 aromatic rings. The molecule has 2 unspecified atom stereocenters. The Labute approximate surface area is 129 Å². The van der Waals surface area contributed by atoms with Crippen LogP contribution in [0.25, 0.3) is 0 Å². The Kier molecular flexibility index (Phi) is 5.32. The van der Waals surface area contributed by atoms with Crippen LogP contribution in [0.2, 0.25) is 0 Å². The van der Waals surface area contributed by atoms with Crippen LogP contribution in [0.1, 0.15) is 75.0 Å². The molecule has 1 N–H and O–H groups in total. The quantitative estimate of drug-likeness (QED) is 0.793. The van der Waals surface area contributed by atoms with Gasteiger partial charge in [0.05, 0.1) is 6.10 Å². The van der Waals surface area contributed by atoms with Gasteiger partial charge >= 0.3 is 0 Å². The second-order valence-corrected chi connectivity index (χ2v) is 6.63. The first-order valence-electron chi connectivity index (χ1n) is 8.82. The van der Waals surface area contributed by atoms with Crippen LogP contribution in [0.3, 0.4) is 0 Å². The summed E-state index contributed by atoms with van der Waals surface area (Å²) >= 11 is 0. The van der Waals surface area contributed by atoms with E-state index in [0.717, 1.165) is 25.5 Å². The maximum atomic E-state index is 5.89. The van der Waals surface area contributed by atoms with Gasteiger partial charge in [-0.1, -0.05) is 37.6 Å². The lowest BCUT2D eigenvalue weighted by atomic mass is 9.76. The van der Waals surface area contributed by atoms with E-state index in [4.69, 9.17) is 4.74 Å². The van der Waals surface area contributed by atoms with Crippen molar-refractivity contribution < 1.29 is 4.74 Å². The van der Waals surface area contributed by atoms with E-state index >= 15 is 0 Å². The molecule has 1 saturated carbocycles. The van der Waals surface area contributed by atoms with E-state index in [1.54, 1.807) is 5.56 Å². The van der Waals surface area contributed by atoms with Crippen LogP contribution in [0.4, 0.5) is 0 Å². The molecule has 3 rings (SSSR count). The summed E-state index contributed by atoms with van der Waals surface area (Å²) in [7, 11) is 0. The minimum atomic E-state index is 0.453. The highest BCUT2D eigenvalue weighted by molar-refractivity contribution is 5.34. The number of nitrogens with one attached hydrogen (secondary N) is 1. The summed E-state index contributed by atoms with van der Waals surface area (Å²) in [5.41, 5.74) is 3.13. The maximum Gasteiger partial charge on any atom is 0.0594 e. The highest BCUT2D eigenvalue weighted by Crippen LogP contribution is 2.40. The molecule has 1 aliphatic carbocycles. The molecule has 21 heavy (non-hydrogen) atoms. The summed E-state index contributed by atoms with van der Waals surface area (Å²) in [4.78, 5) is 0. The van der Waals surface area contributed by atoms with Crippen LogP contribution in [-0.4, -0.2) is 19.3 Å². The van der Waals surface area contributed by atoms with Crippen molar-refractivity contribution in [2.75, 3.05) is 13.2 Å². The molecule has 0 bridgehead atoms. The normalized spacial score (nSPS) is 24.0. The SMILES string of the molecule is CCCNC(CC1CCCO1)c1ccccc1C1CCC1. The molecule has 1 heterocycles. The molecule has 2 fully saturated rings. The van der Waals surface area contributed by atoms with Crippen molar-refractivity contribution in [3.63, 3.8) is 0 Å². The van der Waals surface area contributed by atoms with Crippen LogP contribution < -0.4 is 5.32 Å². The summed E-state index contributed by atoms with van der Waals surface area (Å²) < 4.78 is 5.89. The fourth-order valence-electron chi connectivity index (χ4n) is 3.65. The minimum absolute atomic E-state index is 0.453. The third kappa shape index (κ3) is 3.67. The van der Waals surface area contributed by atoms with Gasteiger partial charge in [-0.15, -0.1) is 0 Å². The largest absolute Gasteiger partial charge is 0.378 e. The van der Waals surface area contributed by atoms with Crippen molar-refractivity contribution in [1.29, 1.82) is 0 Å². The Morgan fingerprint density at radius 3 is 2.71 bits per heavy atom. The van der Waals surface area contributed by atoms with Crippen molar-refractivity contribution in [1.82, 2.24) is 5.32 Å². The minimum Gasteiger partial charge on any atom is -0.378 e. The first kappa shape index (κ1) is 15.1. The van der Waals surface area contributed by atoms with E-state index in [9.17, 15) is 0 Å². The predicted octanol–water partition coefficient (Wildman–Crippen LogP) is 4.56. The molecular formula is C19H29NO. The Morgan fingerprint density at radius 2 is 2.05 bits per heavy atom. The highest BCUT2D eigenvalue weighted by Gasteiger charge is 2.27. The zero-order valence-electron chi connectivity index (χ0n) is 13.3. The summed E-state index contributed by atoms with van der Waals surface area (Å²) in [6.45, 7) is 4.29. The van der Waals surface area contributed by atoms with E-state index in [1.807, 2.05) is 0 Å². The Hall–Kier alpha value is -0.860. The number of rotatable bonds is 7. The third-order valence-corrected chi connectivity index (χ3v) is 5.08. The fourth-order valence-corrected chi connectivity index (χ4v) is 3.65. The third-order valence-electron chi connectivity index (χ3n) is 5.08. The van der Waals surface area contributed by atoms with Crippen LogP contribution >= 0.6 is 0 Å². The molecular weight excluding hydrogens is 258 g/mol. The molecule has 2 heteroatoms. The van der Waals surface area contributed by atoms with Crippen molar-refractivity contribution in [2.24, 2.45) is 0 Å². The van der Waals surface area contributed by atoms with Gasteiger partial charge in [-0.2, -0.15) is 0 Å². The predicted molar refractivity (Wildman–Crippen MR) is 87.7 cm³/mol. The maximum absolute atomic E-state index is 5.89. The first-order valence-corrected chi connectivity index (χ1v) is 8.82. The van der Waals surface area contributed by atoms with Gasteiger partial charge in [0.2, 0.25) is 0 Å². The van der Waals surface area contributed by atoms with Crippen molar-refractivity contribution >= 4 is 0 Å². The van der Waals surface area contributed by atoms with Gasteiger partial charge in [0.15, 0.2) is 0 Å². The van der Waals surface area contributed by atoms with Gasteiger partial charge in [-0.3, -0.25) is 0 Å². The highest BCUT2D eigenvalue weighted by atomic mass is 16.5. The van der Waals surface area contributed by atoms with Gasteiger partial charge in [0.25, 0.3) is 0 Å². The molecule has 1 aromatic carbocycles. The second kappa shape index (κ2) is 7.42. The summed E-state index contributed by atoms with van der Waals surface area (Å²) in [5.74, 6) is 0.802. The van der Waals surface area contributed by atoms with E-state index in [-0.39, 0.29) is 0 Å². The number of benzene rings is 1. The molecule has 1 aliphatic heterocycles. The smallest absolute Gasteiger partial charge is 0.0594 e. The zero-order chi connectivity index (χ0) is 14.5. The Morgan fingerprint density at radius 1 is 1.19 bits per heavy atom. The van der Waals surface area contributed by atoms with Gasteiger partial charge in [0.1, 0.15) is 0 Å². The molecule has 0 amide bonds. The van der Waals surface area contributed by atoms with E-state index in [1.165, 1.54) is 44.1 Å². The zero-order valence-corrected chi connectivity index (χ0v) is 13.3. The second-order valence-electron chi connectivity index (χ2n) is 6.63. The van der Waals surface area contributed by atoms with Crippen molar-refractivity contribution in [3.8, 4) is 0 Å². The number of ether oxygens (including phenoxy) is 1. The van der Waals surface area contributed by atoms with Crippen molar-refractivity contribution in [3.05, 3.63) is 35.4 Å². The summed E-state index contributed by atoms with van der Waals surface area (Å²) in [6.07, 6.45) is 9.38. The average Bonchev–Trinajstić information content (AvgIpc) is 2.95. The Bertz CT molecular complexity index is 435. The molecule has 0 spiro atoms. The lowest BCUT2D eigenvalue weighted by molar-refractivity contribution is 0.0944. The van der Waals surface area contributed by atoms with Crippen LogP contribution in [0, 0.1) is 0 Å². The monoisotopic (exact) mass is 287 g/mol. The van der Waals surface area contributed by atoms with Gasteiger partial charge in [0, 0.05) is 12.6 Å². The fraction of sp³-hybridized carbons (Fsp3) is 0.684. The van der Waals surface area contributed by atoms with Gasteiger partial charge in [-0.05, 0) is 62.1 Å². The molecule has 2 aliphatic rings.